The van der Waals surface area contributed by atoms with Crippen molar-refractivity contribution in [2.45, 2.75) is 32.6 Å². The number of rotatable bonds is 2. The summed E-state index contributed by atoms with van der Waals surface area (Å²) in [5, 5.41) is 1.99. The van der Waals surface area contributed by atoms with Gasteiger partial charge < -0.3 is 4.98 Å². The summed E-state index contributed by atoms with van der Waals surface area (Å²) >= 11 is 6.21. The first-order valence-corrected chi connectivity index (χ1v) is 5.70. The second-order valence-electron chi connectivity index (χ2n) is 4.60. The van der Waals surface area contributed by atoms with Crippen LogP contribution in [0.25, 0.3) is 10.9 Å². The molecule has 0 unspecified atom stereocenters. The molecular formula is C13H16ClN. The van der Waals surface area contributed by atoms with Gasteiger partial charge in [-0.15, -0.1) is 0 Å². The minimum atomic E-state index is 0.172. The van der Waals surface area contributed by atoms with E-state index in [4.69, 9.17) is 11.6 Å². The normalized spacial score (nSPS) is 12.3. The average Bonchev–Trinajstić information content (AvgIpc) is 2.60. The lowest BCUT2D eigenvalue weighted by molar-refractivity contribution is 0.511. The van der Waals surface area contributed by atoms with E-state index in [-0.39, 0.29) is 5.41 Å². The van der Waals surface area contributed by atoms with Gasteiger partial charge in [-0.1, -0.05) is 44.5 Å². The van der Waals surface area contributed by atoms with Gasteiger partial charge in [-0.25, -0.2) is 0 Å². The highest BCUT2D eigenvalue weighted by molar-refractivity contribution is 6.35. The molecule has 0 amide bonds. The zero-order valence-electron chi connectivity index (χ0n) is 9.39. The maximum Gasteiger partial charge on any atom is 0.0662 e. The SMILES string of the molecule is CCC(C)(C)c1cccc2[nH]cc(Cl)c12. The largest absolute Gasteiger partial charge is 0.360 e. The number of benzene rings is 1. The molecule has 15 heavy (non-hydrogen) atoms. The summed E-state index contributed by atoms with van der Waals surface area (Å²) in [5.41, 5.74) is 2.62. The molecule has 0 radical (unpaired) electrons. The summed E-state index contributed by atoms with van der Waals surface area (Å²) in [7, 11) is 0. The number of hydrogen-bond acceptors (Lipinski definition) is 0. The molecule has 1 aromatic carbocycles. The average molecular weight is 222 g/mol. The summed E-state index contributed by atoms with van der Waals surface area (Å²) in [4.78, 5) is 3.19. The maximum atomic E-state index is 6.21. The fourth-order valence-electron chi connectivity index (χ4n) is 1.90. The molecular weight excluding hydrogens is 206 g/mol. The number of fused-ring (bicyclic) bond motifs is 1. The number of halogens is 1. The number of aromatic nitrogens is 1. The monoisotopic (exact) mass is 221 g/mol. The first-order chi connectivity index (χ1) is 7.06. The lowest BCUT2D eigenvalue weighted by atomic mass is 9.80. The molecule has 1 aromatic heterocycles. The van der Waals surface area contributed by atoms with Crippen LogP contribution in [-0.2, 0) is 5.41 Å². The minimum Gasteiger partial charge on any atom is -0.360 e. The fourth-order valence-corrected chi connectivity index (χ4v) is 2.16. The van der Waals surface area contributed by atoms with Gasteiger partial charge in [0.2, 0.25) is 0 Å². The number of H-pyrrole nitrogens is 1. The van der Waals surface area contributed by atoms with Crippen LogP contribution >= 0.6 is 11.6 Å². The van der Waals surface area contributed by atoms with Crippen LogP contribution in [0.2, 0.25) is 5.02 Å². The fraction of sp³-hybridized carbons (Fsp3) is 0.385. The Morgan fingerprint density at radius 1 is 1.33 bits per heavy atom. The van der Waals surface area contributed by atoms with Crippen molar-refractivity contribution in [2.24, 2.45) is 0 Å². The van der Waals surface area contributed by atoms with Gasteiger partial charge in [-0.05, 0) is 23.5 Å². The first kappa shape index (κ1) is 10.6. The van der Waals surface area contributed by atoms with Crippen molar-refractivity contribution in [3.05, 3.63) is 35.0 Å². The van der Waals surface area contributed by atoms with E-state index in [0.717, 1.165) is 17.0 Å². The molecule has 1 heterocycles. The highest BCUT2D eigenvalue weighted by atomic mass is 35.5. The molecule has 2 aromatic rings. The van der Waals surface area contributed by atoms with Gasteiger partial charge in [0.05, 0.1) is 5.02 Å². The smallest absolute Gasteiger partial charge is 0.0662 e. The van der Waals surface area contributed by atoms with Crippen molar-refractivity contribution in [1.82, 2.24) is 4.98 Å². The van der Waals surface area contributed by atoms with Crippen molar-refractivity contribution in [3.8, 4) is 0 Å². The van der Waals surface area contributed by atoms with Crippen molar-refractivity contribution in [3.63, 3.8) is 0 Å². The summed E-state index contributed by atoms with van der Waals surface area (Å²) in [6, 6.07) is 6.32. The van der Waals surface area contributed by atoms with Crippen LogP contribution in [0.1, 0.15) is 32.8 Å². The molecule has 2 rings (SSSR count). The Bertz CT molecular complexity index is 482. The molecule has 0 bridgehead atoms. The summed E-state index contributed by atoms with van der Waals surface area (Å²) in [6.45, 7) is 6.72. The molecule has 0 aliphatic carbocycles. The second-order valence-corrected chi connectivity index (χ2v) is 5.01. The van der Waals surface area contributed by atoms with Crippen LogP contribution in [0.3, 0.4) is 0 Å². The molecule has 80 valence electrons. The van der Waals surface area contributed by atoms with Gasteiger partial charge in [-0.3, -0.25) is 0 Å². The molecule has 0 atom stereocenters. The zero-order valence-corrected chi connectivity index (χ0v) is 10.2. The van der Waals surface area contributed by atoms with E-state index >= 15 is 0 Å². The standard InChI is InChI=1S/C13H16ClN/c1-4-13(2,3)9-6-5-7-11-12(9)10(14)8-15-11/h5-8,15H,4H2,1-3H3. The van der Waals surface area contributed by atoms with Crippen LogP contribution in [-0.4, -0.2) is 4.98 Å². The molecule has 0 saturated heterocycles. The van der Waals surface area contributed by atoms with E-state index in [9.17, 15) is 0 Å². The van der Waals surface area contributed by atoms with Crippen molar-refractivity contribution in [1.29, 1.82) is 0 Å². The Labute approximate surface area is 95.5 Å². The number of aromatic amines is 1. The lowest BCUT2D eigenvalue weighted by Crippen LogP contribution is -2.15. The Kier molecular flexibility index (Phi) is 2.51. The predicted molar refractivity (Wildman–Crippen MR) is 66.6 cm³/mol. The van der Waals surface area contributed by atoms with Crippen molar-refractivity contribution in [2.75, 3.05) is 0 Å². The van der Waals surface area contributed by atoms with Gasteiger partial charge in [0, 0.05) is 17.1 Å². The third-order valence-corrected chi connectivity index (χ3v) is 3.57. The molecule has 0 spiro atoms. The molecule has 0 fully saturated rings. The third-order valence-electron chi connectivity index (χ3n) is 3.27. The van der Waals surface area contributed by atoms with Gasteiger partial charge >= 0.3 is 0 Å². The van der Waals surface area contributed by atoms with E-state index in [1.54, 1.807) is 0 Å². The highest BCUT2D eigenvalue weighted by Crippen LogP contribution is 2.36. The minimum absolute atomic E-state index is 0.172. The maximum absolute atomic E-state index is 6.21. The highest BCUT2D eigenvalue weighted by Gasteiger charge is 2.21. The van der Waals surface area contributed by atoms with Crippen molar-refractivity contribution >= 4 is 22.5 Å². The lowest BCUT2D eigenvalue weighted by Gasteiger charge is -2.24. The van der Waals surface area contributed by atoms with Crippen LogP contribution in [0.15, 0.2) is 24.4 Å². The second kappa shape index (κ2) is 3.57. The Balaban J connectivity index is 2.75. The van der Waals surface area contributed by atoms with Crippen LogP contribution < -0.4 is 0 Å². The summed E-state index contributed by atoms with van der Waals surface area (Å²) in [6.07, 6.45) is 2.97. The van der Waals surface area contributed by atoms with Crippen LogP contribution in [0.4, 0.5) is 0 Å². The van der Waals surface area contributed by atoms with Crippen LogP contribution in [0, 0.1) is 0 Å². The summed E-state index contributed by atoms with van der Waals surface area (Å²) in [5.74, 6) is 0. The Morgan fingerprint density at radius 2 is 2.07 bits per heavy atom. The van der Waals surface area contributed by atoms with Gasteiger partial charge in [0.25, 0.3) is 0 Å². The van der Waals surface area contributed by atoms with E-state index in [1.807, 2.05) is 6.20 Å². The molecule has 0 saturated carbocycles. The van der Waals surface area contributed by atoms with E-state index in [1.165, 1.54) is 10.9 Å². The van der Waals surface area contributed by atoms with E-state index in [2.05, 4.69) is 44.0 Å². The van der Waals surface area contributed by atoms with E-state index < -0.39 is 0 Å². The molecule has 1 N–H and O–H groups in total. The number of hydrogen-bond donors (Lipinski definition) is 1. The molecule has 1 nitrogen and oxygen atoms in total. The van der Waals surface area contributed by atoms with E-state index in [0.29, 0.717) is 0 Å². The van der Waals surface area contributed by atoms with Crippen molar-refractivity contribution < 1.29 is 0 Å². The van der Waals surface area contributed by atoms with Gasteiger partial charge in [0.15, 0.2) is 0 Å². The van der Waals surface area contributed by atoms with Gasteiger partial charge in [-0.2, -0.15) is 0 Å². The first-order valence-electron chi connectivity index (χ1n) is 5.32. The topological polar surface area (TPSA) is 15.8 Å². The van der Waals surface area contributed by atoms with Gasteiger partial charge in [0.1, 0.15) is 0 Å². The predicted octanol–water partition coefficient (Wildman–Crippen LogP) is 4.51. The Hall–Kier alpha value is -0.950. The zero-order chi connectivity index (χ0) is 11.1. The third kappa shape index (κ3) is 1.65. The number of nitrogens with one attached hydrogen (secondary N) is 1. The quantitative estimate of drug-likeness (QED) is 0.768. The summed E-state index contributed by atoms with van der Waals surface area (Å²) < 4.78 is 0. The Morgan fingerprint density at radius 3 is 2.73 bits per heavy atom. The molecule has 2 heteroatoms. The van der Waals surface area contributed by atoms with Crippen LogP contribution in [0.5, 0.6) is 0 Å². The molecule has 0 aliphatic rings. The molecule has 0 aliphatic heterocycles.